The number of nitrogens with zero attached hydrogens (tertiary/aromatic N) is 1. The van der Waals surface area contributed by atoms with Crippen LogP contribution in [0.15, 0.2) is 30.3 Å². The van der Waals surface area contributed by atoms with Crippen molar-refractivity contribution >= 4 is 17.5 Å². The Morgan fingerprint density at radius 3 is 2.72 bits per heavy atom. The zero-order chi connectivity index (χ0) is 27.8. The van der Waals surface area contributed by atoms with Gasteiger partial charge in [-0.05, 0) is 88.1 Å². The van der Waals surface area contributed by atoms with Gasteiger partial charge in [-0.25, -0.2) is 4.39 Å². The van der Waals surface area contributed by atoms with Crippen LogP contribution in [0.25, 0.3) is 11.1 Å². The van der Waals surface area contributed by atoms with Gasteiger partial charge in [0.15, 0.2) is 0 Å². The first-order chi connectivity index (χ1) is 18.8. The fraction of sp³-hybridized carbons (Fsp3) is 0.581. The first-order valence-electron chi connectivity index (χ1n) is 14.2. The van der Waals surface area contributed by atoms with Crippen molar-refractivity contribution in [2.45, 2.75) is 63.1 Å². The Morgan fingerprint density at radius 2 is 2.00 bits per heavy atom. The SMILES string of the molecule is COCCCC[C@@]1(O)c2c(ccc(Cl)c2-c2cc(C)ccc2F)[C@@]12CN(C(=O)C1CCC(CN)CC1)CCO2. The number of halogens is 2. The third kappa shape index (κ3) is 4.91. The van der Waals surface area contributed by atoms with Crippen LogP contribution in [-0.4, -0.2) is 55.9 Å². The lowest BCUT2D eigenvalue weighted by molar-refractivity contribution is -0.256. The van der Waals surface area contributed by atoms with Crippen molar-refractivity contribution in [2.75, 3.05) is 40.0 Å². The van der Waals surface area contributed by atoms with E-state index >= 15 is 4.39 Å². The van der Waals surface area contributed by atoms with Crippen molar-refractivity contribution in [1.82, 2.24) is 4.90 Å². The lowest BCUT2D eigenvalue weighted by Crippen LogP contribution is -2.68. The van der Waals surface area contributed by atoms with Crippen molar-refractivity contribution in [3.63, 3.8) is 0 Å². The number of aryl methyl sites for hydroxylation is 1. The molecule has 1 spiro atoms. The van der Waals surface area contributed by atoms with E-state index in [1.807, 2.05) is 17.9 Å². The number of fused-ring (bicyclic) bond motifs is 2. The average molecular weight is 559 g/mol. The van der Waals surface area contributed by atoms with Gasteiger partial charge in [-0.1, -0.05) is 29.3 Å². The van der Waals surface area contributed by atoms with Crippen molar-refractivity contribution in [1.29, 1.82) is 0 Å². The minimum Gasteiger partial charge on any atom is -0.385 e. The molecule has 5 rings (SSSR count). The molecule has 2 atom stereocenters. The number of methoxy groups -OCH3 is 1. The van der Waals surface area contributed by atoms with Gasteiger partial charge in [-0.3, -0.25) is 4.79 Å². The second-order valence-corrected chi connectivity index (χ2v) is 11.9. The smallest absolute Gasteiger partial charge is 0.225 e. The Labute approximate surface area is 235 Å². The molecule has 0 radical (unpaired) electrons. The van der Waals surface area contributed by atoms with Crippen molar-refractivity contribution in [3.8, 4) is 11.1 Å². The number of ether oxygens (including phenoxy) is 2. The van der Waals surface area contributed by atoms with Crippen LogP contribution < -0.4 is 5.73 Å². The maximum absolute atomic E-state index is 15.2. The molecule has 212 valence electrons. The normalized spacial score (nSPS) is 28.3. The third-order valence-electron chi connectivity index (χ3n) is 9.16. The maximum Gasteiger partial charge on any atom is 0.225 e. The monoisotopic (exact) mass is 558 g/mol. The maximum atomic E-state index is 15.2. The van der Waals surface area contributed by atoms with Crippen LogP contribution in [0.2, 0.25) is 5.02 Å². The molecule has 6 nitrogen and oxygen atoms in total. The summed E-state index contributed by atoms with van der Waals surface area (Å²) in [6, 6.07) is 8.54. The van der Waals surface area contributed by atoms with E-state index in [2.05, 4.69) is 0 Å². The summed E-state index contributed by atoms with van der Waals surface area (Å²) in [5, 5.41) is 12.9. The summed E-state index contributed by atoms with van der Waals surface area (Å²) >= 11 is 6.72. The summed E-state index contributed by atoms with van der Waals surface area (Å²) in [4.78, 5) is 15.6. The molecule has 8 heteroatoms. The number of carbonyl (C=O) groups is 1. The van der Waals surface area contributed by atoms with E-state index in [1.165, 1.54) is 6.07 Å². The largest absolute Gasteiger partial charge is 0.385 e. The Morgan fingerprint density at radius 1 is 1.23 bits per heavy atom. The predicted molar refractivity (Wildman–Crippen MR) is 150 cm³/mol. The summed E-state index contributed by atoms with van der Waals surface area (Å²) in [5.74, 6) is 0.195. The number of benzene rings is 2. The van der Waals surface area contributed by atoms with Gasteiger partial charge in [-0.15, -0.1) is 0 Å². The molecule has 2 aliphatic carbocycles. The number of hydrogen-bond donors (Lipinski definition) is 2. The van der Waals surface area contributed by atoms with E-state index in [0.717, 1.165) is 43.2 Å². The summed E-state index contributed by atoms with van der Waals surface area (Å²) in [7, 11) is 1.65. The highest BCUT2D eigenvalue weighted by atomic mass is 35.5. The molecule has 1 amide bonds. The van der Waals surface area contributed by atoms with Crippen LogP contribution in [-0.2, 0) is 25.5 Å². The second kappa shape index (κ2) is 11.5. The number of carbonyl (C=O) groups excluding carboxylic acids is 1. The first-order valence-corrected chi connectivity index (χ1v) is 14.6. The van der Waals surface area contributed by atoms with Crippen molar-refractivity contribution in [3.05, 3.63) is 57.9 Å². The number of nitrogens with two attached hydrogens (primary N) is 1. The van der Waals surface area contributed by atoms with Gasteiger partial charge in [0.2, 0.25) is 5.91 Å². The van der Waals surface area contributed by atoms with E-state index in [0.29, 0.717) is 66.8 Å². The molecule has 1 saturated carbocycles. The molecule has 39 heavy (non-hydrogen) atoms. The standard InChI is InChI=1S/C31H40ClFN2O4/c1-20-5-12-26(33)23(17-20)27-25(32)11-10-24-28(27)30(37,13-3-4-15-38-2)31(24)19-35(14-16-39-31)29(36)22-8-6-21(18-34)7-9-22/h5,10-12,17,21-22,37H,3-4,6-9,13-16,18-19,34H2,1-2H3/t21?,22?,30-,31+/m1/s1. The molecule has 1 saturated heterocycles. The van der Waals surface area contributed by atoms with Gasteiger partial charge in [0.05, 0.1) is 13.2 Å². The molecule has 0 unspecified atom stereocenters. The number of rotatable bonds is 8. The van der Waals surface area contributed by atoms with Crippen LogP contribution >= 0.6 is 11.6 Å². The number of amides is 1. The van der Waals surface area contributed by atoms with Crippen molar-refractivity contribution in [2.24, 2.45) is 17.6 Å². The highest BCUT2D eigenvalue weighted by Gasteiger charge is 2.66. The van der Waals surface area contributed by atoms with Gasteiger partial charge in [-0.2, -0.15) is 0 Å². The minimum atomic E-state index is -1.44. The predicted octanol–water partition coefficient (Wildman–Crippen LogP) is 5.29. The fourth-order valence-corrected chi connectivity index (χ4v) is 7.24. The summed E-state index contributed by atoms with van der Waals surface area (Å²) < 4.78 is 26.9. The molecule has 3 aliphatic rings. The van der Waals surface area contributed by atoms with Crippen molar-refractivity contribution < 1.29 is 23.8 Å². The molecule has 2 aromatic carbocycles. The van der Waals surface area contributed by atoms with Gasteiger partial charge < -0.3 is 25.2 Å². The first kappa shape index (κ1) is 28.5. The highest BCUT2D eigenvalue weighted by molar-refractivity contribution is 6.33. The Balaban J connectivity index is 1.53. The molecule has 2 aromatic rings. The van der Waals surface area contributed by atoms with E-state index in [1.54, 1.807) is 25.3 Å². The second-order valence-electron chi connectivity index (χ2n) is 11.5. The van der Waals surface area contributed by atoms with Gasteiger partial charge in [0.1, 0.15) is 17.0 Å². The third-order valence-corrected chi connectivity index (χ3v) is 9.48. The lowest BCUT2D eigenvalue weighted by Gasteiger charge is -2.61. The van der Waals surface area contributed by atoms with E-state index in [4.69, 9.17) is 26.8 Å². The van der Waals surface area contributed by atoms with Gasteiger partial charge in [0.25, 0.3) is 0 Å². The van der Waals surface area contributed by atoms with Crippen LogP contribution in [0, 0.1) is 24.6 Å². The number of unbranched alkanes of at least 4 members (excludes halogenated alkanes) is 1. The summed E-state index contributed by atoms with van der Waals surface area (Å²) in [6.45, 7) is 4.20. The van der Waals surface area contributed by atoms with E-state index < -0.39 is 17.0 Å². The Bertz CT molecular complexity index is 1220. The quantitative estimate of drug-likeness (QED) is 0.430. The number of aliphatic hydroxyl groups is 1. The molecule has 1 aliphatic heterocycles. The molecular weight excluding hydrogens is 519 g/mol. The van der Waals surface area contributed by atoms with Crippen LogP contribution in [0.1, 0.15) is 61.6 Å². The zero-order valence-corrected chi connectivity index (χ0v) is 23.7. The van der Waals surface area contributed by atoms with Gasteiger partial charge >= 0.3 is 0 Å². The minimum absolute atomic E-state index is 0.0283. The zero-order valence-electron chi connectivity index (χ0n) is 23.0. The topological polar surface area (TPSA) is 85.0 Å². The molecule has 0 aromatic heterocycles. The molecule has 2 fully saturated rings. The summed E-state index contributed by atoms with van der Waals surface area (Å²) in [6.07, 6.45) is 5.44. The van der Waals surface area contributed by atoms with Crippen LogP contribution in [0.5, 0.6) is 0 Å². The molecular formula is C31H40ClFN2O4. The van der Waals surface area contributed by atoms with Crippen LogP contribution in [0.4, 0.5) is 4.39 Å². The summed E-state index contributed by atoms with van der Waals surface area (Å²) in [5.41, 5.74) is 6.47. The lowest BCUT2D eigenvalue weighted by atomic mass is 9.56. The number of morpholine rings is 1. The molecule has 3 N–H and O–H groups in total. The highest BCUT2D eigenvalue weighted by Crippen LogP contribution is 2.62. The van der Waals surface area contributed by atoms with E-state index in [9.17, 15) is 9.90 Å². The van der Waals surface area contributed by atoms with Crippen LogP contribution in [0.3, 0.4) is 0 Å². The molecule has 1 heterocycles. The fourth-order valence-electron chi connectivity index (χ4n) is 6.98. The number of hydrogen-bond acceptors (Lipinski definition) is 5. The Kier molecular flexibility index (Phi) is 8.37. The van der Waals surface area contributed by atoms with E-state index in [-0.39, 0.29) is 18.4 Å². The average Bonchev–Trinajstić information content (AvgIpc) is 2.96. The molecule has 0 bridgehead atoms. The van der Waals surface area contributed by atoms with Gasteiger partial charge in [0, 0.05) is 47.9 Å². The Hall–Kier alpha value is -2.03.